The van der Waals surface area contributed by atoms with Gasteiger partial charge in [0, 0.05) is 25.8 Å². The van der Waals surface area contributed by atoms with Crippen molar-refractivity contribution in [1.82, 2.24) is 4.90 Å². The van der Waals surface area contributed by atoms with Crippen LogP contribution in [0.25, 0.3) is 0 Å². The van der Waals surface area contributed by atoms with Crippen molar-refractivity contribution in [2.45, 2.75) is 31.9 Å². The van der Waals surface area contributed by atoms with Gasteiger partial charge in [0.1, 0.15) is 6.61 Å². The third-order valence-electron chi connectivity index (χ3n) is 3.88. The molecule has 0 saturated carbocycles. The summed E-state index contributed by atoms with van der Waals surface area (Å²) in [7, 11) is 1.80. The summed E-state index contributed by atoms with van der Waals surface area (Å²) in [5.41, 5.74) is 2.20. The van der Waals surface area contributed by atoms with E-state index in [0.717, 1.165) is 31.6 Å². The summed E-state index contributed by atoms with van der Waals surface area (Å²) in [6, 6.07) is 8.22. The smallest absolute Gasteiger partial charge is 0.104 e. The standard InChI is InChI=1S/C17H23NO2/c1-17(20-2)9-5-10-18(14-17)13-16-7-3-6-15(12-16)8-4-11-19/h3,6-7,12,19H,5,9-11,13-14H2,1-2H3. The zero-order chi connectivity index (χ0) is 14.4. The zero-order valence-corrected chi connectivity index (χ0v) is 12.4. The van der Waals surface area contributed by atoms with Crippen LogP contribution in [0, 0.1) is 11.8 Å². The van der Waals surface area contributed by atoms with Gasteiger partial charge in [-0.15, -0.1) is 0 Å². The quantitative estimate of drug-likeness (QED) is 0.855. The minimum absolute atomic E-state index is 0.0213. The van der Waals surface area contributed by atoms with Crippen LogP contribution in [-0.2, 0) is 11.3 Å². The van der Waals surface area contributed by atoms with Gasteiger partial charge in [0.25, 0.3) is 0 Å². The highest BCUT2D eigenvalue weighted by molar-refractivity contribution is 5.37. The summed E-state index contributed by atoms with van der Waals surface area (Å²) < 4.78 is 5.63. The minimum Gasteiger partial charge on any atom is -0.384 e. The molecule has 0 bridgehead atoms. The van der Waals surface area contributed by atoms with Crippen molar-refractivity contribution in [3.8, 4) is 11.8 Å². The van der Waals surface area contributed by atoms with E-state index < -0.39 is 0 Å². The summed E-state index contributed by atoms with van der Waals surface area (Å²) in [6.07, 6.45) is 2.30. The number of hydrogen-bond acceptors (Lipinski definition) is 3. The molecule has 0 spiro atoms. The molecule has 1 aliphatic rings. The van der Waals surface area contributed by atoms with Gasteiger partial charge in [-0.2, -0.15) is 0 Å². The third-order valence-corrected chi connectivity index (χ3v) is 3.88. The molecule has 1 fully saturated rings. The first-order valence-electron chi connectivity index (χ1n) is 7.11. The van der Waals surface area contributed by atoms with E-state index in [1.165, 1.54) is 12.0 Å². The van der Waals surface area contributed by atoms with Gasteiger partial charge in [0.05, 0.1) is 5.60 Å². The molecule has 0 aromatic heterocycles. The monoisotopic (exact) mass is 273 g/mol. The molecule has 20 heavy (non-hydrogen) atoms. The number of aliphatic hydroxyl groups excluding tert-OH is 1. The highest BCUT2D eigenvalue weighted by Gasteiger charge is 2.30. The average molecular weight is 273 g/mol. The Kier molecular flexibility index (Phi) is 5.19. The summed E-state index contributed by atoms with van der Waals surface area (Å²) in [5, 5.41) is 8.75. The SMILES string of the molecule is COC1(C)CCCN(Cc2cccc(C#CCO)c2)C1. The predicted octanol–water partition coefficient (Wildman–Crippen LogP) is 2.03. The third kappa shape index (κ3) is 4.08. The Morgan fingerprint density at radius 2 is 2.30 bits per heavy atom. The maximum absolute atomic E-state index is 8.75. The minimum atomic E-state index is -0.0947. The lowest BCUT2D eigenvalue weighted by Gasteiger charge is -2.39. The Labute approximate surface area is 121 Å². The van der Waals surface area contributed by atoms with Gasteiger partial charge in [-0.3, -0.25) is 4.90 Å². The van der Waals surface area contributed by atoms with Crippen molar-refractivity contribution >= 4 is 0 Å². The van der Waals surface area contributed by atoms with Crippen LogP contribution in [0.3, 0.4) is 0 Å². The number of benzene rings is 1. The summed E-state index contributed by atoms with van der Waals surface area (Å²) in [4.78, 5) is 2.44. The van der Waals surface area contributed by atoms with E-state index in [2.05, 4.69) is 35.8 Å². The molecule has 1 atom stereocenters. The number of aliphatic hydroxyl groups is 1. The fourth-order valence-electron chi connectivity index (χ4n) is 2.76. The summed E-state index contributed by atoms with van der Waals surface area (Å²) >= 11 is 0. The largest absolute Gasteiger partial charge is 0.384 e. The molecule has 3 heteroatoms. The lowest BCUT2D eigenvalue weighted by molar-refractivity contribution is -0.0527. The maximum Gasteiger partial charge on any atom is 0.104 e. The summed E-state index contributed by atoms with van der Waals surface area (Å²) in [6.45, 7) is 5.10. The van der Waals surface area contributed by atoms with E-state index in [1.54, 1.807) is 7.11 Å². The molecule has 1 saturated heterocycles. The fourth-order valence-corrected chi connectivity index (χ4v) is 2.76. The molecule has 108 valence electrons. The second kappa shape index (κ2) is 6.90. The molecule has 0 aliphatic carbocycles. The van der Waals surface area contributed by atoms with E-state index in [4.69, 9.17) is 9.84 Å². The number of piperidine rings is 1. The lowest BCUT2D eigenvalue weighted by atomic mass is 9.94. The molecule has 0 radical (unpaired) electrons. The average Bonchev–Trinajstić information content (AvgIpc) is 2.46. The van der Waals surface area contributed by atoms with Crippen molar-refractivity contribution in [2.24, 2.45) is 0 Å². The van der Waals surface area contributed by atoms with Gasteiger partial charge in [-0.25, -0.2) is 0 Å². The van der Waals surface area contributed by atoms with Crippen LogP contribution in [0.4, 0.5) is 0 Å². The van der Waals surface area contributed by atoms with Crippen LogP contribution in [-0.4, -0.2) is 42.4 Å². The Morgan fingerprint density at radius 3 is 3.05 bits per heavy atom. The van der Waals surface area contributed by atoms with Crippen LogP contribution < -0.4 is 0 Å². The van der Waals surface area contributed by atoms with Gasteiger partial charge in [0.15, 0.2) is 0 Å². The number of hydrogen-bond donors (Lipinski definition) is 1. The second-order valence-corrected chi connectivity index (χ2v) is 5.63. The normalized spacial score (nSPS) is 23.1. The summed E-state index contributed by atoms with van der Waals surface area (Å²) in [5.74, 6) is 5.65. The Morgan fingerprint density at radius 1 is 1.45 bits per heavy atom. The number of methoxy groups -OCH3 is 1. The highest BCUT2D eigenvalue weighted by atomic mass is 16.5. The van der Waals surface area contributed by atoms with Crippen LogP contribution in [0.1, 0.15) is 30.9 Å². The van der Waals surface area contributed by atoms with Gasteiger partial charge >= 0.3 is 0 Å². The zero-order valence-electron chi connectivity index (χ0n) is 12.4. The fraction of sp³-hybridized carbons (Fsp3) is 0.529. The van der Waals surface area contributed by atoms with Crippen LogP contribution in [0.5, 0.6) is 0 Å². The molecular weight excluding hydrogens is 250 g/mol. The first kappa shape index (κ1) is 15.1. The molecule has 0 amide bonds. The topological polar surface area (TPSA) is 32.7 Å². The van der Waals surface area contributed by atoms with E-state index in [1.807, 2.05) is 12.1 Å². The second-order valence-electron chi connectivity index (χ2n) is 5.63. The predicted molar refractivity (Wildman–Crippen MR) is 80.3 cm³/mol. The molecule has 1 heterocycles. The van der Waals surface area contributed by atoms with E-state index in [0.29, 0.717) is 0 Å². The molecule has 1 aromatic rings. The van der Waals surface area contributed by atoms with E-state index >= 15 is 0 Å². The van der Waals surface area contributed by atoms with Gasteiger partial charge in [-0.05, 0) is 44.0 Å². The van der Waals surface area contributed by atoms with Crippen LogP contribution >= 0.6 is 0 Å². The molecule has 2 rings (SSSR count). The molecule has 1 N–H and O–H groups in total. The van der Waals surface area contributed by atoms with Crippen molar-refractivity contribution < 1.29 is 9.84 Å². The number of nitrogens with zero attached hydrogens (tertiary/aromatic N) is 1. The molecule has 1 aliphatic heterocycles. The Bertz CT molecular complexity index is 503. The first-order valence-corrected chi connectivity index (χ1v) is 7.11. The first-order chi connectivity index (χ1) is 9.65. The van der Waals surface area contributed by atoms with Gasteiger partial charge in [-0.1, -0.05) is 24.0 Å². The van der Waals surface area contributed by atoms with E-state index in [9.17, 15) is 0 Å². The molecule has 1 unspecified atom stereocenters. The van der Waals surface area contributed by atoms with Crippen LogP contribution in [0.15, 0.2) is 24.3 Å². The van der Waals surface area contributed by atoms with Crippen molar-refractivity contribution in [3.63, 3.8) is 0 Å². The number of rotatable bonds is 3. The Hall–Kier alpha value is -1.34. The number of ether oxygens (including phenoxy) is 1. The van der Waals surface area contributed by atoms with Gasteiger partial charge < -0.3 is 9.84 Å². The van der Waals surface area contributed by atoms with Crippen LogP contribution in [0.2, 0.25) is 0 Å². The lowest BCUT2D eigenvalue weighted by Crippen LogP contribution is -2.46. The Balaban J connectivity index is 2.02. The molecule has 1 aromatic carbocycles. The molecular formula is C17H23NO2. The maximum atomic E-state index is 8.75. The van der Waals surface area contributed by atoms with Crippen molar-refractivity contribution in [3.05, 3.63) is 35.4 Å². The van der Waals surface area contributed by atoms with Crippen molar-refractivity contribution in [1.29, 1.82) is 0 Å². The highest BCUT2D eigenvalue weighted by Crippen LogP contribution is 2.25. The van der Waals surface area contributed by atoms with Gasteiger partial charge in [0.2, 0.25) is 0 Å². The number of likely N-dealkylation sites (tertiary alicyclic amines) is 1. The van der Waals surface area contributed by atoms with Crippen molar-refractivity contribution in [2.75, 3.05) is 26.8 Å². The van der Waals surface area contributed by atoms with E-state index in [-0.39, 0.29) is 12.2 Å². The molecule has 3 nitrogen and oxygen atoms in total.